The number of carbonyl (C=O) groups excluding carboxylic acids is 1. The number of benzene rings is 1. The zero-order valence-electron chi connectivity index (χ0n) is 12.4. The Morgan fingerprint density at radius 3 is 2.40 bits per heavy atom. The van der Waals surface area contributed by atoms with Gasteiger partial charge in [-0.3, -0.25) is 4.79 Å². The summed E-state index contributed by atoms with van der Waals surface area (Å²) in [6.45, 7) is 5.54. The number of unbranched alkanes of at least 4 members (excludes halogenated alkanes) is 2. The standard InChI is InChI=1S/C16H24N2OS/c1-3-4-5-11-18(12-10-15(17)20)16(19)14-8-6-13(2)7-9-14/h6-9H,3-5,10-12H2,1-2H3,(H2,17,20). The monoisotopic (exact) mass is 292 g/mol. The molecule has 1 amide bonds. The third-order valence-corrected chi connectivity index (χ3v) is 3.45. The fourth-order valence-corrected chi connectivity index (χ4v) is 2.08. The normalized spacial score (nSPS) is 10.3. The minimum Gasteiger partial charge on any atom is -0.393 e. The fourth-order valence-electron chi connectivity index (χ4n) is 1.99. The molecule has 2 N–H and O–H groups in total. The molecular formula is C16H24N2OS. The first kappa shape index (κ1) is 16.6. The predicted molar refractivity (Wildman–Crippen MR) is 88.0 cm³/mol. The number of thiocarbonyl (C=S) groups is 1. The summed E-state index contributed by atoms with van der Waals surface area (Å²) in [5.41, 5.74) is 7.43. The van der Waals surface area contributed by atoms with Crippen molar-refractivity contribution in [1.29, 1.82) is 0 Å². The number of nitrogens with zero attached hydrogens (tertiary/aromatic N) is 1. The number of nitrogens with two attached hydrogens (primary N) is 1. The van der Waals surface area contributed by atoms with Crippen LogP contribution in [0.2, 0.25) is 0 Å². The summed E-state index contributed by atoms with van der Waals surface area (Å²) in [5.74, 6) is 0.0670. The first-order valence-electron chi connectivity index (χ1n) is 7.19. The van der Waals surface area contributed by atoms with Crippen LogP contribution in [0.1, 0.15) is 48.5 Å². The molecule has 0 radical (unpaired) electrons. The van der Waals surface area contributed by atoms with Gasteiger partial charge in [-0.1, -0.05) is 49.7 Å². The molecule has 0 aliphatic rings. The zero-order chi connectivity index (χ0) is 15.0. The third kappa shape index (κ3) is 5.70. The number of carbonyl (C=O) groups is 1. The van der Waals surface area contributed by atoms with E-state index >= 15 is 0 Å². The maximum atomic E-state index is 12.5. The van der Waals surface area contributed by atoms with Crippen molar-refractivity contribution in [2.45, 2.75) is 39.5 Å². The SMILES string of the molecule is CCCCCN(CCC(N)=S)C(=O)c1ccc(C)cc1. The van der Waals surface area contributed by atoms with Crippen molar-refractivity contribution in [3.63, 3.8) is 0 Å². The van der Waals surface area contributed by atoms with Gasteiger partial charge in [-0.05, 0) is 25.5 Å². The van der Waals surface area contributed by atoms with Gasteiger partial charge in [0.1, 0.15) is 0 Å². The van der Waals surface area contributed by atoms with Gasteiger partial charge in [-0.25, -0.2) is 0 Å². The van der Waals surface area contributed by atoms with E-state index in [2.05, 4.69) is 6.92 Å². The Hall–Kier alpha value is -1.42. The number of hydrogen-bond donors (Lipinski definition) is 1. The lowest BCUT2D eigenvalue weighted by Crippen LogP contribution is -2.34. The molecule has 0 aromatic heterocycles. The molecule has 0 aliphatic carbocycles. The molecular weight excluding hydrogens is 268 g/mol. The first-order valence-corrected chi connectivity index (χ1v) is 7.59. The highest BCUT2D eigenvalue weighted by Crippen LogP contribution is 2.09. The lowest BCUT2D eigenvalue weighted by atomic mass is 10.1. The summed E-state index contributed by atoms with van der Waals surface area (Å²) in [5, 5.41) is 0. The van der Waals surface area contributed by atoms with Crippen LogP contribution in [0.15, 0.2) is 24.3 Å². The Kier molecular flexibility index (Phi) is 7.23. The van der Waals surface area contributed by atoms with Gasteiger partial charge in [0.15, 0.2) is 0 Å². The van der Waals surface area contributed by atoms with Crippen molar-refractivity contribution < 1.29 is 4.79 Å². The molecule has 110 valence electrons. The Labute approximate surface area is 127 Å². The van der Waals surface area contributed by atoms with Crippen molar-refractivity contribution in [3.05, 3.63) is 35.4 Å². The minimum absolute atomic E-state index is 0.0670. The van der Waals surface area contributed by atoms with Gasteiger partial charge < -0.3 is 10.6 Å². The molecule has 0 unspecified atom stereocenters. The summed E-state index contributed by atoms with van der Waals surface area (Å²) >= 11 is 4.91. The lowest BCUT2D eigenvalue weighted by Gasteiger charge is -2.22. The van der Waals surface area contributed by atoms with Crippen LogP contribution in [-0.4, -0.2) is 28.9 Å². The molecule has 0 aliphatic heterocycles. The minimum atomic E-state index is 0.0670. The van der Waals surface area contributed by atoms with Crippen LogP contribution in [0, 0.1) is 6.92 Å². The van der Waals surface area contributed by atoms with Gasteiger partial charge in [-0.15, -0.1) is 0 Å². The van der Waals surface area contributed by atoms with Crippen molar-refractivity contribution in [2.75, 3.05) is 13.1 Å². The molecule has 3 nitrogen and oxygen atoms in total. The van der Waals surface area contributed by atoms with Gasteiger partial charge in [-0.2, -0.15) is 0 Å². The molecule has 1 rings (SSSR count). The number of rotatable bonds is 8. The second-order valence-corrected chi connectivity index (χ2v) is 5.61. The van der Waals surface area contributed by atoms with Gasteiger partial charge >= 0.3 is 0 Å². The maximum Gasteiger partial charge on any atom is 0.253 e. The summed E-state index contributed by atoms with van der Waals surface area (Å²) in [6, 6.07) is 7.69. The summed E-state index contributed by atoms with van der Waals surface area (Å²) < 4.78 is 0. The van der Waals surface area contributed by atoms with Crippen molar-refractivity contribution in [2.24, 2.45) is 5.73 Å². The largest absolute Gasteiger partial charge is 0.393 e. The molecule has 0 atom stereocenters. The predicted octanol–water partition coefficient (Wildman–Crippen LogP) is 3.30. The van der Waals surface area contributed by atoms with Crippen LogP contribution in [0.25, 0.3) is 0 Å². The van der Waals surface area contributed by atoms with Crippen molar-refractivity contribution >= 4 is 23.1 Å². The molecule has 1 aromatic rings. The fraction of sp³-hybridized carbons (Fsp3) is 0.500. The van der Waals surface area contributed by atoms with E-state index in [4.69, 9.17) is 18.0 Å². The highest BCUT2D eigenvalue weighted by atomic mass is 32.1. The number of hydrogen-bond acceptors (Lipinski definition) is 2. The second kappa shape index (κ2) is 8.69. The molecule has 0 saturated carbocycles. The smallest absolute Gasteiger partial charge is 0.253 e. The van der Waals surface area contributed by atoms with E-state index in [1.807, 2.05) is 36.1 Å². The van der Waals surface area contributed by atoms with E-state index in [9.17, 15) is 4.79 Å². The summed E-state index contributed by atoms with van der Waals surface area (Å²) in [7, 11) is 0. The summed E-state index contributed by atoms with van der Waals surface area (Å²) in [4.78, 5) is 14.8. The van der Waals surface area contributed by atoms with Gasteiger partial charge in [0.05, 0.1) is 4.99 Å². The quantitative estimate of drug-likeness (QED) is 0.590. The maximum absolute atomic E-state index is 12.5. The number of aryl methyl sites for hydroxylation is 1. The molecule has 0 fully saturated rings. The average molecular weight is 292 g/mol. The molecule has 0 bridgehead atoms. The Morgan fingerprint density at radius 1 is 1.20 bits per heavy atom. The average Bonchev–Trinajstić information content (AvgIpc) is 2.42. The van der Waals surface area contributed by atoms with Crippen LogP contribution in [0.5, 0.6) is 0 Å². The molecule has 0 spiro atoms. The molecule has 0 heterocycles. The van der Waals surface area contributed by atoms with Crippen LogP contribution in [0.4, 0.5) is 0 Å². The lowest BCUT2D eigenvalue weighted by molar-refractivity contribution is 0.0757. The van der Waals surface area contributed by atoms with Crippen LogP contribution in [0.3, 0.4) is 0 Å². The Morgan fingerprint density at radius 2 is 1.85 bits per heavy atom. The Bertz CT molecular complexity index is 442. The second-order valence-electron chi connectivity index (χ2n) is 5.08. The summed E-state index contributed by atoms with van der Waals surface area (Å²) in [6.07, 6.45) is 3.87. The first-order chi connectivity index (χ1) is 9.54. The molecule has 4 heteroatoms. The Balaban J connectivity index is 2.71. The highest BCUT2D eigenvalue weighted by molar-refractivity contribution is 7.80. The zero-order valence-corrected chi connectivity index (χ0v) is 13.2. The molecule has 1 aromatic carbocycles. The van der Waals surface area contributed by atoms with E-state index in [0.29, 0.717) is 18.0 Å². The molecule has 20 heavy (non-hydrogen) atoms. The van der Waals surface area contributed by atoms with Gasteiger partial charge in [0.25, 0.3) is 5.91 Å². The van der Waals surface area contributed by atoms with E-state index in [0.717, 1.165) is 36.9 Å². The van der Waals surface area contributed by atoms with Crippen LogP contribution >= 0.6 is 12.2 Å². The van der Waals surface area contributed by atoms with E-state index < -0.39 is 0 Å². The van der Waals surface area contributed by atoms with E-state index in [1.165, 1.54) is 0 Å². The van der Waals surface area contributed by atoms with E-state index in [1.54, 1.807) is 0 Å². The highest BCUT2D eigenvalue weighted by Gasteiger charge is 2.15. The van der Waals surface area contributed by atoms with Crippen molar-refractivity contribution in [1.82, 2.24) is 4.90 Å². The number of amides is 1. The van der Waals surface area contributed by atoms with Gasteiger partial charge in [0.2, 0.25) is 0 Å². The van der Waals surface area contributed by atoms with Crippen LogP contribution < -0.4 is 5.73 Å². The topological polar surface area (TPSA) is 46.3 Å². The van der Waals surface area contributed by atoms with Crippen LogP contribution in [-0.2, 0) is 0 Å². The van der Waals surface area contributed by atoms with Crippen molar-refractivity contribution in [3.8, 4) is 0 Å². The van der Waals surface area contributed by atoms with Gasteiger partial charge in [0, 0.05) is 25.1 Å². The third-order valence-electron chi connectivity index (χ3n) is 3.25. The van der Waals surface area contributed by atoms with E-state index in [-0.39, 0.29) is 5.91 Å². The molecule has 0 saturated heterocycles.